The molecule has 0 aliphatic heterocycles. The fraction of sp³-hybridized carbons (Fsp3) is 0.800. The maximum absolute atomic E-state index is 6.16. The van der Waals surface area contributed by atoms with Crippen molar-refractivity contribution >= 4 is 62.3 Å². The van der Waals surface area contributed by atoms with E-state index in [1.165, 1.54) is 0 Å². The smallest absolute Gasteiger partial charge is 0.0581 e. The summed E-state index contributed by atoms with van der Waals surface area (Å²) in [6, 6.07) is 0. The van der Waals surface area contributed by atoms with Crippen LogP contribution in [0.2, 0.25) is 0 Å². The molecule has 0 spiro atoms. The molecule has 0 aromatic rings. The van der Waals surface area contributed by atoms with Crippen LogP contribution in [0.1, 0.15) is 26.7 Å². The number of rotatable bonds is 6. The molecule has 5 heteroatoms. The topological polar surface area (TPSA) is 0 Å². The summed E-state index contributed by atoms with van der Waals surface area (Å²) in [6.45, 7) is 3.82. The van der Waals surface area contributed by atoms with Crippen molar-refractivity contribution in [3.63, 3.8) is 0 Å². The molecule has 1 unspecified atom stereocenters. The van der Waals surface area contributed by atoms with E-state index in [1.54, 1.807) is 0 Å². The van der Waals surface area contributed by atoms with Crippen LogP contribution in [0.3, 0.4) is 0 Å². The van der Waals surface area contributed by atoms with Crippen LogP contribution >= 0.6 is 62.3 Å². The summed E-state index contributed by atoms with van der Waals surface area (Å²) in [5, 5.41) is 1.35. The highest BCUT2D eigenvalue weighted by molar-refractivity contribution is 9.09. The first kappa shape index (κ1) is 16.4. The van der Waals surface area contributed by atoms with Crippen molar-refractivity contribution in [3.8, 4) is 0 Å². The van der Waals surface area contributed by atoms with Crippen molar-refractivity contribution in [2.24, 2.45) is 0 Å². The van der Waals surface area contributed by atoms with E-state index in [-0.39, 0.29) is 5.38 Å². The average molecular weight is 357 g/mol. The Labute approximate surface area is 120 Å². The van der Waals surface area contributed by atoms with Crippen LogP contribution in [0.5, 0.6) is 0 Å². The molecule has 0 radical (unpaired) electrons. The molecule has 0 aliphatic rings. The predicted molar refractivity (Wildman–Crippen MR) is 76.2 cm³/mol. The molecule has 0 rings (SSSR count). The monoisotopic (exact) mass is 354 g/mol. The van der Waals surface area contributed by atoms with E-state index in [1.807, 2.05) is 13.8 Å². The van der Waals surface area contributed by atoms with Crippen LogP contribution in [0.25, 0.3) is 0 Å². The minimum Gasteiger partial charge on any atom is -0.121 e. The molecule has 1 atom stereocenters. The molecule has 0 aromatic heterocycles. The summed E-state index contributed by atoms with van der Waals surface area (Å²) in [6.07, 6.45) is 1.62. The lowest BCUT2D eigenvalue weighted by Crippen LogP contribution is -2.25. The standard InChI is InChI=1S/C10H15BrCl4/c1-10(2,15)9(14)4-3-7(5-11)8(13)6-12/h9H,3-6H2,1-2H3/b8-7+. The molecular weight excluding hydrogens is 342 g/mol. The summed E-state index contributed by atoms with van der Waals surface area (Å²) in [5.41, 5.74) is 1.10. The van der Waals surface area contributed by atoms with E-state index in [4.69, 9.17) is 46.4 Å². The molecule has 0 N–H and O–H groups in total. The second-order valence-electron chi connectivity index (χ2n) is 3.85. The maximum atomic E-state index is 6.16. The summed E-state index contributed by atoms with van der Waals surface area (Å²) >= 11 is 27.3. The Morgan fingerprint density at radius 3 is 2.27 bits per heavy atom. The minimum absolute atomic E-state index is 0.0759. The molecular formula is C10H15BrCl4. The first-order chi connectivity index (χ1) is 6.82. The third-order valence-electron chi connectivity index (χ3n) is 2.11. The van der Waals surface area contributed by atoms with Gasteiger partial charge in [0.15, 0.2) is 0 Å². The Bertz CT molecular complexity index is 220. The summed E-state index contributed by atoms with van der Waals surface area (Å²) in [5.74, 6) is 0.347. The average Bonchev–Trinajstić information content (AvgIpc) is 2.16. The molecule has 0 aromatic carbocycles. The number of halogens is 5. The van der Waals surface area contributed by atoms with E-state index in [2.05, 4.69) is 15.9 Å². The van der Waals surface area contributed by atoms with Gasteiger partial charge in [0, 0.05) is 10.4 Å². The first-order valence-corrected chi connectivity index (χ1v) is 7.49. The largest absolute Gasteiger partial charge is 0.121 e. The fourth-order valence-corrected chi connectivity index (χ4v) is 2.36. The highest BCUT2D eigenvalue weighted by Crippen LogP contribution is 2.29. The summed E-state index contributed by atoms with van der Waals surface area (Å²) in [4.78, 5) is -0.396. The summed E-state index contributed by atoms with van der Waals surface area (Å²) in [7, 11) is 0. The second-order valence-corrected chi connectivity index (χ2v) is 6.63. The lowest BCUT2D eigenvalue weighted by molar-refractivity contribution is 0.599. The highest BCUT2D eigenvalue weighted by atomic mass is 79.9. The van der Waals surface area contributed by atoms with Gasteiger partial charge in [0.2, 0.25) is 0 Å². The molecule has 0 saturated carbocycles. The van der Waals surface area contributed by atoms with Gasteiger partial charge in [-0.05, 0) is 32.3 Å². The number of allylic oxidation sites excluding steroid dienone is 2. The van der Waals surface area contributed by atoms with Gasteiger partial charge < -0.3 is 0 Å². The van der Waals surface area contributed by atoms with Gasteiger partial charge in [0.05, 0.1) is 16.1 Å². The summed E-state index contributed by atoms with van der Waals surface area (Å²) < 4.78 is 0. The van der Waals surface area contributed by atoms with Crippen molar-refractivity contribution in [1.29, 1.82) is 0 Å². The van der Waals surface area contributed by atoms with Crippen LogP contribution < -0.4 is 0 Å². The molecule has 0 nitrogen and oxygen atoms in total. The molecule has 0 bridgehead atoms. The lowest BCUT2D eigenvalue weighted by Gasteiger charge is -2.22. The van der Waals surface area contributed by atoms with Crippen LogP contribution in [0.4, 0.5) is 0 Å². The van der Waals surface area contributed by atoms with Gasteiger partial charge in [-0.3, -0.25) is 0 Å². The predicted octanol–water partition coefficient (Wildman–Crippen LogP) is 5.52. The van der Waals surface area contributed by atoms with Gasteiger partial charge in [-0.15, -0.1) is 34.8 Å². The van der Waals surface area contributed by atoms with Gasteiger partial charge in [-0.2, -0.15) is 0 Å². The van der Waals surface area contributed by atoms with Crippen molar-refractivity contribution in [2.75, 3.05) is 11.2 Å². The molecule has 0 heterocycles. The fourth-order valence-electron chi connectivity index (χ4n) is 1.01. The number of alkyl halides is 4. The van der Waals surface area contributed by atoms with Crippen LogP contribution in [-0.4, -0.2) is 21.5 Å². The Kier molecular flexibility index (Phi) is 8.36. The zero-order valence-electron chi connectivity index (χ0n) is 8.80. The van der Waals surface area contributed by atoms with Crippen molar-refractivity contribution in [1.82, 2.24) is 0 Å². The third-order valence-corrected chi connectivity index (χ3v) is 4.73. The van der Waals surface area contributed by atoms with E-state index >= 15 is 0 Å². The Morgan fingerprint density at radius 2 is 1.93 bits per heavy atom. The Hall–Kier alpha value is 1.38. The van der Waals surface area contributed by atoms with Crippen LogP contribution in [-0.2, 0) is 0 Å². The van der Waals surface area contributed by atoms with E-state index in [9.17, 15) is 0 Å². The van der Waals surface area contributed by atoms with Gasteiger partial charge in [-0.1, -0.05) is 27.5 Å². The van der Waals surface area contributed by atoms with Gasteiger partial charge >= 0.3 is 0 Å². The zero-order valence-corrected chi connectivity index (χ0v) is 13.4. The second kappa shape index (κ2) is 7.66. The van der Waals surface area contributed by atoms with Gasteiger partial charge in [0.1, 0.15) is 0 Å². The third kappa shape index (κ3) is 6.63. The van der Waals surface area contributed by atoms with Crippen molar-refractivity contribution < 1.29 is 0 Å². The van der Waals surface area contributed by atoms with E-state index in [0.717, 1.165) is 23.7 Å². The zero-order chi connectivity index (χ0) is 12.1. The number of hydrogen-bond acceptors (Lipinski definition) is 0. The van der Waals surface area contributed by atoms with Gasteiger partial charge in [-0.25, -0.2) is 0 Å². The van der Waals surface area contributed by atoms with E-state index in [0.29, 0.717) is 10.9 Å². The maximum Gasteiger partial charge on any atom is 0.0581 e. The van der Waals surface area contributed by atoms with Gasteiger partial charge in [0.25, 0.3) is 0 Å². The number of hydrogen-bond donors (Lipinski definition) is 0. The molecule has 0 fully saturated rings. The first-order valence-electron chi connectivity index (χ1n) is 4.64. The minimum atomic E-state index is -0.396. The molecule has 0 aliphatic carbocycles. The molecule has 0 saturated heterocycles. The quantitative estimate of drug-likeness (QED) is 0.550. The SMILES string of the molecule is CC(C)(Cl)C(Cl)CC/C(CBr)=C(\Cl)CCl. The molecule has 15 heavy (non-hydrogen) atoms. The normalized spacial score (nSPS) is 16.2. The lowest BCUT2D eigenvalue weighted by atomic mass is 10.0. The van der Waals surface area contributed by atoms with Crippen LogP contribution in [0.15, 0.2) is 10.6 Å². The molecule has 0 amide bonds. The Morgan fingerprint density at radius 1 is 1.40 bits per heavy atom. The Balaban J connectivity index is 4.25. The van der Waals surface area contributed by atoms with E-state index < -0.39 is 4.87 Å². The highest BCUT2D eigenvalue weighted by Gasteiger charge is 2.24. The molecule has 90 valence electrons. The van der Waals surface area contributed by atoms with Crippen molar-refractivity contribution in [3.05, 3.63) is 10.6 Å². The van der Waals surface area contributed by atoms with Crippen LogP contribution in [0, 0.1) is 0 Å². The van der Waals surface area contributed by atoms with Crippen molar-refractivity contribution in [2.45, 2.75) is 36.9 Å².